The molecule has 0 heterocycles. The van der Waals surface area contributed by atoms with Crippen LogP contribution in [0.25, 0.3) is 0 Å². The van der Waals surface area contributed by atoms with Crippen LogP contribution < -0.4 is 0 Å². The zero-order chi connectivity index (χ0) is 15.5. The minimum atomic E-state index is -1.30. The molecule has 0 radical (unpaired) electrons. The molecular weight excluding hydrogens is 252 g/mol. The summed E-state index contributed by atoms with van der Waals surface area (Å²) in [5.41, 5.74) is 0. The van der Waals surface area contributed by atoms with Gasteiger partial charge in [-0.25, -0.2) is 0 Å². The van der Waals surface area contributed by atoms with Gasteiger partial charge in [0.1, 0.15) is 6.10 Å². The monoisotopic (exact) mass is 282 g/mol. The molecule has 0 spiro atoms. The van der Waals surface area contributed by atoms with Gasteiger partial charge in [-0.1, -0.05) is 20.3 Å². The molecule has 2 atom stereocenters. The third-order valence-electron chi connectivity index (χ3n) is 1.92. The standard InChI is InChI=1S/C10H22O6.C3H8/c1-10(2,13)16-6-7(11)5-8(12)9(14-3)15-4;1-3-2/h7-9,11-13H,5-6H2,1-4H3;3H2,1-2H3. The number of aliphatic hydroxyl groups excluding tert-OH is 2. The Morgan fingerprint density at radius 3 is 1.79 bits per heavy atom. The number of aliphatic hydroxyl groups is 3. The summed E-state index contributed by atoms with van der Waals surface area (Å²) in [5, 5.41) is 28.4. The van der Waals surface area contributed by atoms with E-state index in [1.807, 2.05) is 0 Å². The molecule has 0 aromatic rings. The highest BCUT2D eigenvalue weighted by molar-refractivity contribution is 4.67. The summed E-state index contributed by atoms with van der Waals surface area (Å²) in [7, 11) is 2.80. The average molecular weight is 282 g/mol. The second-order valence-corrected chi connectivity index (χ2v) is 4.76. The molecule has 19 heavy (non-hydrogen) atoms. The molecule has 0 saturated heterocycles. The van der Waals surface area contributed by atoms with Crippen LogP contribution in [-0.2, 0) is 14.2 Å². The van der Waals surface area contributed by atoms with Crippen LogP contribution in [0.4, 0.5) is 0 Å². The van der Waals surface area contributed by atoms with Crippen molar-refractivity contribution in [3.8, 4) is 0 Å². The van der Waals surface area contributed by atoms with Gasteiger partial charge in [0.25, 0.3) is 0 Å². The Labute approximate surface area is 116 Å². The van der Waals surface area contributed by atoms with Gasteiger partial charge in [0.2, 0.25) is 0 Å². The fourth-order valence-electron chi connectivity index (χ4n) is 1.17. The van der Waals surface area contributed by atoms with E-state index < -0.39 is 24.3 Å². The SMILES string of the molecule is CCC.COC(OC)C(O)CC(O)COC(C)(C)O. The molecule has 0 aromatic heterocycles. The lowest BCUT2D eigenvalue weighted by Crippen LogP contribution is -2.36. The maximum absolute atomic E-state index is 9.58. The molecule has 0 aliphatic carbocycles. The first-order valence-electron chi connectivity index (χ1n) is 6.49. The van der Waals surface area contributed by atoms with Crippen molar-refractivity contribution in [2.75, 3.05) is 20.8 Å². The number of hydrogen-bond donors (Lipinski definition) is 3. The maximum atomic E-state index is 9.58. The van der Waals surface area contributed by atoms with Crippen molar-refractivity contribution in [1.82, 2.24) is 0 Å². The van der Waals surface area contributed by atoms with Crippen LogP contribution in [0.5, 0.6) is 0 Å². The minimum Gasteiger partial charge on any atom is -0.391 e. The van der Waals surface area contributed by atoms with Crippen molar-refractivity contribution in [2.45, 2.75) is 64.8 Å². The summed E-state index contributed by atoms with van der Waals surface area (Å²) in [6.07, 6.45) is -1.33. The van der Waals surface area contributed by atoms with Gasteiger partial charge in [-0.2, -0.15) is 0 Å². The molecule has 6 heteroatoms. The van der Waals surface area contributed by atoms with Gasteiger partial charge in [0.15, 0.2) is 12.1 Å². The Morgan fingerprint density at radius 2 is 1.47 bits per heavy atom. The molecule has 0 saturated carbocycles. The average Bonchev–Trinajstić information content (AvgIpc) is 2.28. The van der Waals surface area contributed by atoms with Gasteiger partial charge < -0.3 is 29.5 Å². The summed E-state index contributed by atoms with van der Waals surface area (Å²) < 4.78 is 14.6. The van der Waals surface area contributed by atoms with Crippen LogP contribution in [0.1, 0.15) is 40.5 Å². The summed E-state index contributed by atoms with van der Waals surface area (Å²) in [5.74, 6) is -1.30. The zero-order valence-corrected chi connectivity index (χ0v) is 12.9. The lowest BCUT2D eigenvalue weighted by molar-refractivity contribution is -0.201. The number of ether oxygens (including phenoxy) is 3. The van der Waals surface area contributed by atoms with Gasteiger partial charge in [0.05, 0.1) is 12.7 Å². The first-order chi connectivity index (χ1) is 8.71. The molecule has 0 aliphatic rings. The predicted molar refractivity (Wildman–Crippen MR) is 72.7 cm³/mol. The van der Waals surface area contributed by atoms with Crippen molar-refractivity contribution in [2.24, 2.45) is 0 Å². The van der Waals surface area contributed by atoms with E-state index in [1.54, 1.807) is 0 Å². The highest BCUT2D eigenvalue weighted by Crippen LogP contribution is 2.10. The topological polar surface area (TPSA) is 88.4 Å². The molecular formula is C13H30O6. The largest absolute Gasteiger partial charge is 0.391 e. The van der Waals surface area contributed by atoms with Crippen molar-refractivity contribution in [3.05, 3.63) is 0 Å². The molecule has 0 aliphatic heterocycles. The van der Waals surface area contributed by atoms with Crippen molar-refractivity contribution < 1.29 is 29.5 Å². The molecule has 118 valence electrons. The van der Waals surface area contributed by atoms with Gasteiger partial charge >= 0.3 is 0 Å². The highest BCUT2D eigenvalue weighted by Gasteiger charge is 2.23. The Hall–Kier alpha value is -0.240. The van der Waals surface area contributed by atoms with Crippen LogP contribution in [0, 0.1) is 0 Å². The molecule has 0 rings (SSSR count). The Balaban J connectivity index is 0. The fraction of sp³-hybridized carbons (Fsp3) is 1.00. The van der Waals surface area contributed by atoms with E-state index in [0.29, 0.717) is 0 Å². The summed E-state index contributed by atoms with van der Waals surface area (Å²) >= 11 is 0. The van der Waals surface area contributed by atoms with Gasteiger partial charge in [-0.15, -0.1) is 0 Å². The maximum Gasteiger partial charge on any atom is 0.182 e. The van der Waals surface area contributed by atoms with E-state index in [-0.39, 0.29) is 13.0 Å². The highest BCUT2D eigenvalue weighted by atomic mass is 16.7. The zero-order valence-electron chi connectivity index (χ0n) is 12.9. The Morgan fingerprint density at radius 1 is 1.05 bits per heavy atom. The molecule has 0 amide bonds. The third-order valence-corrected chi connectivity index (χ3v) is 1.92. The second-order valence-electron chi connectivity index (χ2n) is 4.76. The minimum absolute atomic E-state index is 0.0441. The number of hydrogen-bond acceptors (Lipinski definition) is 6. The number of rotatable bonds is 8. The summed E-state index contributed by atoms with van der Waals surface area (Å²) in [6.45, 7) is 7.10. The van der Waals surface area contributed by atoms with Gasteiger partial charge in [0, 0.05) is 20.6 Å². The normalized spacial score (nSPS) is 14.8. The van der Waals surface area contributed by atoms with E-state index in [4.69, 9.17) is 14.2 Å². The third kappa shape index (κ3) is 14.0. The van der Waals surface area contributed by atoms with Crippen LogP contribution in [0.15, 0.2) is 0 Å². The first kappa shape index (κ1) is 21.1. The van der Waals surface area contributed by atoms with Crippen LogP contribution in [-0.4, -0.2) is 60.4 Å². The fourth-order valence-corrected chi connectivity index (χ4v) is 1.17. The van der Waals surface area contributed by atoms with Crippen molar-refractivity contribution >= 4 is 0 Å². The van der Waals surface area contributed by atoms with E-state index in [1.165, 1.54) is 34.5 Å². The smallest absolute Gasteiger partial charge is 0.182 e. The van der Waals surface area contributed by atoms with E-state index >= 15 is 0 Å². The van der Waals surface area contributed by atoms with E-state index in [2.05, 4.69) is 13.8 Å². The number of methoxy groups -OCH3 is 2. The lowest BCUT2D eigenvalue weighted by atomic mass is 10.1. The predicted octanol–water partition coefficient (Wildman–Crippen LogP) is 0.879. The van der Waals surface area contributed by atoms with Crippen LogP contribution in [0.3, 0.4) is 0 Å². The summed E-state index contributed by atoms with van der Waals surface area (Å²) in [6, 6.07) is 0. The van der Waals surface area contributed by atoms with Crippen molar-refractivity contribution in [1.29, 1.82) is 0 Å². The van der Waals surface area contributed by atoms with E-state index in [9.17, 15) is 15.3 Å². The molecule has 0 aromatic carbocycles. The van der Waals surface area contributed by atoms with Gasteiger partial charge in [-0.3, -0.25) is 0 Å². The molecule has 6 nitrogen and oxygen atoms in total. The van der Waals surface area contributed by atoms with Gasteiger partial charge in [-0.05, 0) is 13.8 Å². The van der Waals surface area contributed by atoms with E-state index in [0.717, 1.165) is 0 Å². The Bertz CT molecular complexity index is 188. The first-order valence-corrected chi connectivity index (χ1v) is 6.49. The second kappa shape index (κ2) is 11.6. The molecule has 3 N–H and O–H groups in total. The molecule has 0 bridgehead atoms. The Kier molecular flexibility index (Phi) is 12.8. The lowest BCUT2D eigenvalue weighted by Gasteiger charge is -2.24. The van der Waals surface area contributed by atoms with Crippen LogP contribution in [0.2, 0.25) is 0 Å². The summed E-state index contributed by atoms with van der Waals surface area (Å²) in [4.78, 5) is 0. The molecule has 2 unspecified atom stereocenters. The molecule has 0 fully saturated rings. The quantitative estimate of drug-likeness (QED) is 0.573. The van der Waals surface area contributed by atoms with Crippen LogP contribution >= 0.6 is 0 Å². The van der Waals surface area contributed by atoms with Crippen molar-refractivity contribution in [3.63, 3.8) is 0 Å².